The van der Waals surface area contributed by atoms with Crippen LogP contribution >= 0.6 is 0 Å². The predicted molar refractivity (Wildman–Crippen MR) is 247 cm³/mol. The number of oxime groups is 1. The molecule has 2 aliphatic carbocycles. The molecule has 1 fully saturated rings. The molecule has 1 aliphatic heterocycles. The summed E-state index contributed by atoms with van der Waals surface area (Å²) in [7, 11) is 3.45. The fourth-order valence-electron chi connectivity index (χ4n) is 9.72. The van der Waals surface area contributed by atoms with Crippen LogP contribution in [0.3, 0.4) is 0 Å². The SMILES string of the molecule is C=CCOC12Oc3ccc(Oc4ccc(-c5ccccc5)cc4)cc3C3C(CCCCO)C(CCCCO)C=C(C(=NOC(C)(C)C)CC1N(C)C(=O)Cc1cccc(OC)c1)C32. The third kappa shape index (κ3) is 10.4. The highest BCUT2D eigenvalue weighted by molar-refractivity contribution is 6.03. The molecular formula is C53H64N2O8. The Kier molecular flexibility index (Phi) is 14.8. The van der Waals surface area contributed by atoms with Crippen LogP contribution < -0.4 is 14.2 Å². The largest absolute Gasteiger partial charge is 0.497 e. The molecule has 4 aromatic rings. The Hall–Kier alpha value is -5.42. The van der Waals surface area contributed by atoms with Crippen molar-refractivity contribution in [2.24, 2.45) is 22.9 Å². The molecule has 0 saturated heterocycles. The van der Waals surface area contributed by atoms with Gasteiger partial charge < -0.3 is 38.9 Å². The Morgan fingerprint density at radius 1 is 0.889 bits per heavy atom. The molecule has 0 spiro atoms. The molecule has 334 valence electrons. The van der Waals surface area contributed by atoms with Crippen LogP contribution in [0.5, 0.6) is 23.0 Å². The van der Waals surface area contributed by atoms with Gasteiger partial charge in [-0.25, -0.2) is 0 Å². The van der Waals surface area contributed by atoms with Gasteiger partial charge in [-0.1, -0.05) is 84.7 Å². The Balaban J connectivity index is 1.38. The minimum absolute atomic E-state index is 0.0834. The van der Waals surface area contributed by atoms with E-state index in [1.165, 1.54) is 0 Å². The molecule has 3 aliphatic rings. The van der Waals surface area contributed by atoms with E-state index in [0.717, 1.165) is 59.2 Å². The summed E-state index contributed by atoms with van der Waals surface area (Å²) in [6.45, 7) is 10.4. The van der Waals surface area contributed by atoms with Crippen LogP contribution in [0.15, 0.2) is 127 Å². The van der Waals surface area contributed by atoms with Crippen molar-refractivity contribution in [2.45, 2.75) is 95.5 Å². The minimum atomic E-state index is -1.35. The summed E-state index contributed by atoms with van der Waals surface area (Å²) in [5.74, 6) is 0.865. The third-order valence-corrected chi connectivity index (χ3v) is 12.6. The zero-order chi connectivity index (χ0) is 44.6. The number of methoxy groups -OCH3 is 1. The molecule has 63 heavy (non-hydrogen) atoms. The maximum absolute atomic E-state index is 14.6. The third-order valence-electron chi connectivity index (χ3n) is 12.6. The van der Waals surface area contributed by atoms with Crippen LogP contribution in [0.25, 0.3) is 11.1 Å². The summed E-state index contributed by atoms with van der Waals surface area (Å²) in [6.07, 6.45) is 9.27. The predicted octanol–water partition coefficient (Wildman–Crippen LogP) is 10.3. The van der Waals surface area contributed by atoms with Crippen molar-refractivity contribution >= 4 is 11.6 Å². The van der Waals surface area contributed by atoms with Crippen LogP contribution in [0, 0.1) is 17.8 Å². The average Bonchev–Trinajstić information content (AvgIpc) is 3.29. The average molecular weight is 857 g/mol. The lowest BCUT2D eigenvalue weighted by atomic mass is 9.55. The van der Waals surface area contributed by atoms with E-state index >= 15 is 0 Å². The summed E-state index contributed by atoms with van der Waals surface area (Å²) in [6, 6.07) is 31.3. The fourth-order valence-corrected chi connectivity index (χ4v) is 9.72. The van der Waals surface area contributed by atoms with Crippen molar-refractivity contribution in [3.8, 4) is 34.1 Å². The molecule has 7 rings (SSSR count). The van der Waals surface area contributed by atoms with Crippen molar-refractivity contribution in [3.63, 3.8) is 0 Å². The van der Waals surface area contributed by atoms with Gasteiger partial charge in [-0.05, 0) is 123 Å². The normalized spacial score (nSPS) is 23.1. The van der Waals surface area contributed by atoms with Gasteiger partial charge in [0.05, 0.1) is 31.8 Å². The van der Waals surface area contributed by atoms with Gasteiger partial charge >= 0.3 is 0 Å². The highest BCUT2D eigenvalue weighted by atomic mass is 16.7. The number of fused-ring (bicyclic) bond motifs is 2. The van der Waals surface area contributed by atoms with Crippen molar-refractivity contribution in [1.82, 2.24) is 4.90 Å². The first-order chi connectivity index (χ1) is 30.5. The van der Waals surface area contributed by atoms with E-state index in [4.69, 9.17) is 28.9 Å². The Morgan fingerprint density at radius 3 is 2.30 bits per heavy atom. The van der Waals surface area contributed by atoms with Crippen LogP contribution in [0.1, 0.15) is 82.8 Å². The van der Waals surface area contributed by atoms with Gasteiger partial charge in [0.1, 0.15) is 34.6 Å². The molecule has 0 radical (unpaired) electrons. The number of unbranched alkanes of at least 4 members (excludes halogenated alkanes) is 2. The summed E-state index contributed by atoms with van der Waals surface area (Å²) < 4.78 is 26.5. The standard InChI is InChI=1S/C53H64N2O8/c1-7-30-60-53-48(55(5)49(58)32-36-16-15-20-41(31-36)59-6)35-46(54-63-52(2,3)4)44-33-39(19-11-13-28-56)43(21-12-14-29-57)50(51(44)53)45-34-42(26-27-47(45)62-53)61-40-24-22-38(23-25-40)37-17-9-8-10-18-37/h7-10,15-18,20,22-27,31,33-34,39,43,48,50-51,56-57H,1,11-14,19,21,28-30,32,35H2,2-6H3. The maximum atomic E-state index is 14.6. The van der Waals surface area contributed by atoms with Crippen molar-refractivity contribution in [2.75, 3.05) is 34.0 Å². The number of aliphatic hydroxyl groups is 2. The number of nitrogens with zero attached hydrogens (tertiary/aromatic N) is 2. The molecule has 0 bridgehead atoms. The van der Waals surface area contributed by atoms with E-state index in [-0.39, 0.29) is 49.9 Å². The number of carbonyl (C=O) groups excluding carboxylic acids is 1. The second-order valence-corrected chi connectivity index (χ2v) is 18.0. The number of benzene rings is 4. The number of hydrogen-bond acceptors (Lipinski definition) is 9. The summed E-state index contributed by atoms with van der Waals surface area (Å²) in [4.78, 5) is 22.6. The molecular weight excluding hydrogens is 793 g/mol. The first-order valence-corrected chi connectivity index (χ1v) is 22.5. The van der Waals surface area contributed by atoms with Gasteiger partial charge in [0, 0.05) is 38.2 Å². The molecule has 6 atom stereocenters. The Bertz CT molecular complexity index is 2230. The molecule has 6 unspecified atom stereocenters. The van der Waals surface area contributed by atoms with Gasteiger partial charge in [0.2, 0.25) is 11.7 Å². The second kappa shape index (κ2) is 20.4. The molecule has 1 amide bonds. The topological polar surface area (TPSA) is 119 Å². The lowest BCUT2D eigenvalue weighted by Crippen LogP contribution is -2.69. The van der Waals surface area contributed by atoms with Crippen LogP contribution in [-0.2, 0) is 20.8 Å². The highest BCUT2D eigenvalue weighted by Crippen LogP contribution is 2.62. The van der Waals surface area contributed by atoms with Crippen molar-refractivity contribution in [1.29, 1.82) is 0 Å². The number of aliphatic hydroxyl groups excluding tert-OH is 2. The van der Waals surface area contributed by atoms with Gasteiger partial charge in [-0.3, -0.25) is 4.79 Å². The molecule has 10 heteroatoms. The zero-order valence-electron chi connectivity index (χ0n) is 37.5. The molecule has 0 aromatic heterocycles. The van der Waals surface area contributed by atoms with Gasteiger partial charge in [-0.15, -0.1) is 6.58 Å². The highest BCUT2D eigenvalue weighted by Gasteiger charge is 2.65. The number of carbonyl (C=O) groups is 1. The number of ether oxygens (including phenoxy) is 4. The van der Waals surface area contributed by atoms with Crippen LogP contribution in [0.2, 0.25) is 0 Å². The second-order valence-electron chi connectivity index (χ2n) is 18.0. The first kappa shape index (κ1) is 45.6. The van der Waals surface area contributed by atoms with Gasteiger partial charge in [0.25, 0.3) is 0 Å². The lowest BCUT2D eigenvalue weighted by molar-refractivity contribution is -0.255. The number of likely N-dealkylation sites (N-methyl/N-ethyl adjacent to an activating group) is 1. The molecule has 1 heterocycles. The Morgan fingerprint density at radius 2 is 1.60 bits per heavy atom. The minimum Gasteiger partial charge on any atom is -0.497 e. The van der Waals surface area contributed by atoms with Crippen molar-refractivity contribution in [3.05, 3.63) is 132 Å². The molecule has 2 N–H and O–H groups in total. The van der Waals surface area contributed by atoms with Crippen LogP contribution in [0.4, 0.5) is 0 Å². The zero-order valence-corrected chi connectivity index (χ0v) is 37.5. The fraction of sp³-hybridized carbons (Fsp3) is 0.434. The van der Waals surface area contributed by atoms with Crippen LogP contribution in [-0.4, -0.2) is 78.1 Å². The number of amides is 1. The quantitative estimate of drug-likeness (QED) is 0.0544. The summed E-state index contributed by atoms with van der Waals surface area (Å²) >= 11 is 0. The van der Waals surface area contributed by atoms with E-state index in [2.05, 4.69) is 43.0 Å². The molecule has 4 aromatic carbocycles. The molecule has 1 saturated carbocycles. The molecule has 10 nitrogen and oxygen atoms in total. The Labute approximate surface area is 373 Å². The number of rotatable bonds is 19. The van der Waals surface area contributed by atoms with Crippen molar-refractivity contribution < 1.29 is 38.8 Å². The van der Waals surface area contributed by atoms with E-state index in [0.29, 0.717) is 42.3 Å². The first-order valence-electron chi connectivity index (χ1n) is 22.5. The van der Waals surface area contributed by atoms with E-state index in [1.54, 1.807) is 18.1 Å². The maximum Gasteiger partial charge on any atom is 0.239 e. The smallest absolute Gasteiger partial charge is 0.239 e. The van der Waals surface area contributed by atoms with E-state index in [1.807, 2.05) is 94.5 Å². The summed E-state index contributed by atoms with van der Waals surface area (Å²) in [5, 5.41) is 24.8. The van der Waals surface area contributed by atoms with Gasteiger partial charge in [-0.2, -0.15) is 0 Å². The lowest BCUT2D eigenvalue weighted by Gasteiger charge is -2.59. The number of allylic oxidation sites excluding steroid dienone is 1. The van der Waals surface area contributed by atoms with Gasteiger partial charge in [0.15, 0.2) is 0 Å². The van der Waals surface area contributed by atoms with E-state index < -0.39 is 23.3 Å². The van der Waals surface area contributed by atoms with E-state index in [9.17, 15) is 15.0 Å². The number of hydrogen-bond donors (Lipinski definition) is 2. The monoisotopic (exact) mass is 856 g/mol. The summed E-state index contributed by atoms with van der Waals surface area (Å²) in [5.41, 5.74) is 5.22.